The molecule has 1 aliphatic rings. The molecule has 2 aromatic carbocycles. The van der Waals surface area contributed by atoms with Crippen LogP contribution in [0.1, 0.15) is 11.1 Å². The van der Waals surface area contributed by atoms with E-state index in [1.54, 1.807) is 12.1 Å². The van der Waals surface area contributed by atoms with Gasteiger partial charge in [-0.25, -0.2) is 0 Å². The van der Waals surface area contributed by atoms with E-state index < -0.39 is 10.8 Å². The van der Waals surface area contributed by atoms with Crippen molar-refractivity contribution in [2.24, 2.45) is 10.8 Å². The van der Waals surface area contributed by atoms with Gasteiger partial charge in [0.25, 0.3) is 0 Å². The molecule has 0 bridgehead atoms. The fraction of sp³-hybridized carbons (Fsp3) is 0.333. The molecule has 0 unspecified atom stereocenters. The molecule has 0 amide bonds. The van der Waals surface area contributed by atoms with Crippen LogP contribution in [-0.2, 0) is 12.8 Å². The van der Waals surface area contributed by atoms with E-state index in [0.29, 0.717) is 39.1 Å². The lowest BCUT2D eigenvalue weighted by Gasteiger charge is -2.38. The Kier molecular flexibility index (Phi) is 4.48. The average molecular weight is 372 g/mol. The lowest BCUT2D eigenvalue weighted by Crippen LogP contribution is -2.45. The normalized spacial score (nSPS) is 15.8. The summed E-state index contributed by atoms with van der Waals surface area (Å²) in [5.74, 6) is 1.47. The SMILES string of the molecule is COc1c2c(c(OC)c3c(OC)cccc13)CC(C#N)(C#N)C(C#N)(C#N)C2. The van der Waals surface area contributed by atoms with E-state index in [-0.39, 0.29) is 12.8 Å². The summed E-state index contributed by atoms with van der Waals surface area (Å²) in [6.45, 7) is 0. The molecule has 0 aliphatic heterocycles. The van der Waals surface area contributed by atoms with Gasteiger partial charge in [0.2, 0.25) is 0 Å². The van der Waals surface area contributed by atoms with Gasteiger partial charge in [-0.2, -0.15) is 21.0 Å². The minimum absolute atomic E-state index is 0.122. The Bertz CT molecular complexity index is 1110. The van der Waals surface area contributed by atoms with Crippen molar-refractivity contribution in [3.05, 3.63) is 29.3 Å². The fourth-order valence-corrected chi connectivity index (χ4v) is 3.97. The number of nitrogens with zero attached hydrogens (tertiary/aromatic N) is 4. The summed E-state index contributed by atoms with van der Waals surface area (Å²) in [4.78, 5) is 0. The van der Waals surface area contributed by atoms with Gasteiger partial charge in [-0.1, -0.05) is 12.1 Å². The van der Waals surface area contributed by atoms with E-state index in [4.69, 9.17) is 14.2 Å². The standard InChI is InChI=1S/C21H16N4O3/c1-26-16-6-4-5-13-17(16)19(28-3)15-8-21(11-24,12-25)20(9-22,10-23)7-14(15)18(13)27-2/h4-6H,7-8H2,1-3H3. The molecule has 0 N–H and O–H groups in total. The molecular weight excluding hydrogens is 356 g/mol. The van der Waals surface area contributed by atoms with Gasteiger partial charge >= 0.3 is 0 Å². The third-order valence-electron chi connectivity index (χ3n) is 5.41. The molecule has 7 nitrogen and oxygen atoms in total. The van der Waals surface area contributed by atoms with Crippen LogP contribution in [0, 0.1) is 56.2 Å². The van der Waals surface area contributed by atoms with Crippen LogP contribution in [0.25, 0.3) is 10.8 Å². The van der Waals surface area contributed by atoms with Crippen LogP contribution in [0.3, 0.4) is 0 Å². The molecule has 28 heavy (non-hydrogen) atoms. The monoisotopic (exact) mass is 372 g/mol. The van der Waals surface area contributed by atoms with Crippen molar-refractivity contribution < 1.29 is 14.2 Å². The first-order chi connectivity index (χ1) is 13.5. The first kappa shape index (κ1) is 18.8. The number of fused-ring (bicyclic) bond motifs is 2. The van der Waals surface area contributed by atoms with Crippen molar-refractivity contribution in [3.63, 3.8) is 0 Å². The Morgan fingerprint density at radius 2 is 1.25 bits per heavy atom. The number of nitriles is 4. The number of methoxy groups -OCH3 is 3. The first-order valence-corrected chi connectivity index (χ1v) is 8.39. The van der Waals surface area contributed by atoms with Crippen LogP contribution in [0.4, 0.5) is 0 Å². The number of rotatable bonds is 3. The van der Waals surface area contributed by atoms with Crippen LogP contribution in [-0.4, -0.2) is 21.3 Å². The Balaban J connectivity index is 2.53. The minimum Gasteiger partial charge on any atom is -0.496 e. The van der Waals surface area contributed by atoms with Crippen molar-refractivity contribution in [2.45, 2.75) is 12.8 Å². The Hall–Kier alpha value is -3.94. The summed E-state index contributed by atoms with van der Waals surface area (Å²) in [7, 11) is 4.52. The quantitative estimate of drug-likeness (QED) is 0.811. The van der Waals surface area contributed by atoms with Crippen molar-refractivity contribution in [2.75, 3.05) is 21.3 Å². The molecule has 0 saturated heterocycles. The predicted octanol–water partition coefficient (Wildman–Crippen LogP) is 3.03. The van der Waals surface area contributed by atoms with Gasteiger partial charge in [-0.15, -0.1) is 0 Å². The van der Waals surface area contributed by atoms with Crippen LogP contribution in [0.2, 0.25) is 0 Å². The molecule has 1 aliphatic carbocycles. The summed E-state index contributed by atoms with van der Waals surface area (Å²) in [6, 6.07) is 13.1. The van der Waals surface area contributed by atoms with E-state index in [1.807, 2.05) is 30.3 Å². The van der Waals surface area contributed by atoms with E-state index in [1.165, 1.54) is 21.3 Å². The molecule has 138 valence electrons. The maximum atomic E-state index is 9.80. The predicted molar refractivity (Wildman–Crippen MR) is 98.3 cm³/mol. The molecule has 2 aromatic rings. The highest BCUT2D eigenvalue weighted by Crippen LogP contribution is 2.55. The summed E-state index contributed by atoms with van der Waals surface area (Å²) < 4.78 is 16.8. The number of ether oxygens (including phenoxy) is 3. The fourth-order valence-electron chi connectivity index (χ4n) is 3.97. The van der Waals surface area contributed by atoms with E-state index in [2.05, 4.69) is 0 Å². The molecule has 0 saturated carbocycles. The van der Waals surface area contributed by atoms with Crippen molar-refractivity contribution in [3.8, 4) is 41.5 Å². The Morgan fingerprint density at radius 3 is 1.68 bits per heavy atom. The zero-order valence-corrected chi connectivity index (χ0v) is 15.7. The second-order valence-electron chi connectivity index (χ2n) is 6.52. The third kappa shape index (κ3) is 2.18. The lowest BCUT2D eigenvalue weighted by atomic mass is 9.56. The zero-order chi connectivity index (χ0) is 20.5. The summed E-state index contributed by atoms with van der Waals surface area (Å²) in [5.41, 5.74) is -2.50. The molecule has 0 spiro atoms. The minimum atomic E-state index is -1.84. The zero-order valence-electron chi connectivity index (χ0n) is 15.7. The molecule has 0 fully saturated rings. The van der Waals surface area contributed by atoms with Crippen LogP contribution >= 0.6 is 0 Å². The van der Waals surface area contributed by atoms with E-state index in [9.17, 15) is 21.0 Å². The molecule has 7 heteroatoms. The van der Waals surface area contributed by atoms with Crippen LogP contribution in [0.15, 0.2) is 18.2 Å². The highest BCUT2D eigenvalue weighted by Gasteiger charge is 2.59. The molecule has 0 heterocycles. The third-order valence-corrected chi connectivity index (χ3v) is 5.41. The molecule has 0 atom stereocenters. The van der Waals surface area contributed by atoms with Gasteiger partial charge in [-0.3, -0.25) is 0 Å². The molecular formula is C21H16N4O3. The van der Waals surface area contributed by atoms with Gasteiger partial charge in [0.1, 0.15) is 17.2 Å². The van der Waals surface area contributed by atoms with E-state index >= 15 is 0 Å². The highest BCUT2D eigenvalue weighted by molar-refractivity contribution is 6.00. The largest absolute Gasteiger partial charge is 0.496 e. The summed E-state index contributed by atoms with van der Waals surface area (Å²) in [6.07, 6.45) is -0.257. The smallest absolute Gasteiger partial charge is 0.179 e. The Morgan fingerprint density at radius 1 is 0.750 bits per heavy atom. The topological polar surface area (TPSA) is 123 Å². The van der Waals surface area contributed by atoms with Gasteiger partial charge in [0.05, 0.1) is 51.0 Å². The maximum Gasteiger partial charge on any atom is 0.179 e. The van der Waals surface area contributed by atoms with Gasteiger partial charge < -0.3 is 14.2 Å². The van der Waals surface area contributed by atoms with Crippen molar-refractivity contribution in [1.82, 2.24) is 0 Å². The molecule has 0 aromatic heterocycles. The van der Waals surface area contributed by atoms with Gasteiger partial charge in [-0.05, 0) is 6.07 Å². The van der Waals surface area contributed by atoms with Crippen molar-refractivity contribution in [1.29, 1.82) is 21.0 Å². The van der Waals surface area contributed by atoms with Gasteiger partial charge in [0, 0.05) is 29.4 Å². The number of hydrogen-bond acceptors (Lipinski definition) is 7. The summed E-state index contributed by atoms with van der Waals surface area (Å²) in [5, 5.41) is 40.5. The summed E-state index contributed by atoms with van der Waals surface area (Å²) >= 11 is 0. The lowest BCUT2D eigenvalue weighted by molar-refractivity contribution is 0.263. The second kappa shape index (κ2) is 6.66. The Labute approximate surface area is 162 Å². The maximum absolute atomic E-state index is 9.80. The second-order valence-corrected chi connectivity index (χ2v) is 6.52. The molecule has 0 radical (unpaired) electrons. The van der Waals surface area contributed by atoms with Crippen LogP contribution < -0.4 is 14.2 Å². The number of hydrogen-bond donors (Lipinski definition) is 0. The van der Waals surface area contributed by atoms with E-state index in [0.717, 1.165) is 0 Å². The molecule has 3 rings (SSSR count). The van der Waals surface area contributed by atoms with Crippen LogP contribution in [0.5, 0.6) is 17.2 Å². The number of benzene rings is 2. The van der Waals surface area contributed by atoms with Gasteiger partial charge in [0.15, 0.2) is 10.8 Å². The first-order valence-electron chi connectivity index (χ1n) is 8.39. The average Bonchev–Trinajstić information content (AvgIpc) is 2.75. The highest BCUT2D eigenvalue weighted by atomic mass is 16.5. The van der Waals surface area contributed by atoms with Crippen molar-refractivity contribution >= 4 is 10.8 Å².